The standard InChI is InChI=1S/C16H31N3O2/c1-15(2,3)13(20)17-11-12-7-9-19(10-8-12)14(21)18-16(4,5)6/h12H,7-11H2,1-6H3,(H,17,20)(H,18,21). The number of hydrogen-bond donors (Lipinski definition) is 2. The molecule has 122 valence electrons. The Labute approximate surface area is 128 Å². The zero-order valence-corrected chi connectivity index (χ0v) is 14.4. The SMILES string of the molecule is CC(C)(C)NC(=O)N1CCC(CNC(=O)C(C)(C)C)CC1. The first-order valence-electron chi connectivity index (χ1n) is 7.84. The molecule has 1 aliphatic rings. The Morgan fingerprint density at radius 2 is 1.57 bits per heavy atom. The van der Waals surface area contributed by atoms with Gasteiger partial charge >= 0.3 is 6.03 Å². The predicted molar refractivity (Wildman–Crippen MR) is 85.0 cm³/mol. The average molecular weight is 297 g/mol. The maximum Gasteiger partial charge on any atom is 0.317 e. The zero-order chi connectivity index (χ0) is 16.3. The number of likely N-dealkylation sites (tertiary alicyclic amines) is 1. The number of nitrogens with one attached hydrogen (secondary N) is 2. The van der Waals surface area contributed by atoms with E-state index in [1.807, 2.05) is 46.4 Å². The van der Waals surface area contributed by atoms with E-state index in [-0.39, 0.29) is 22.9 Å². The van der Waals surface area contributed by atoms with Gasteiger partial charge in [0.15, 0.2) is 0 Å². The van der Waals surface area contributed by atoms with E-state index in [1.54, 1.807) is 0 Å². The summed E-state index contributed by atoms with van der Waals surface area (Å²) in [7, 11) is 0. The van der Waals surface area contributed by atoms with Crippen LogP contribution in [0.15, 0.2) is 0 Å². The van der Waals surface area contributed by atoms with E-state index >= 15 is 0 Å². The molecule has 0 spiro atoms. The highest BCUT2D eigenvalue weighted by atomic mass is 16.2. The Bertz CT molecular complexity index is 372. The molecule has 21 heavy (non-hydrogen) atoms. The molecule has 0 atom stereocenters. The zero-order valence-electron chi connectivity index (χ0n) is 14.4. The first-order chi connectivity index (χ1) is 9.49. The summed E-state index contributed by atoms with van der Waals surface area (Å²) in [6.45, 7) is 13.9. The van der Waals surface area contributed by atoms with E-state index < -0.39 is 0 Å². The highest BCUT2D eigenvalue weighted by molar-refractivity contribution is 5.81. The van der Waals surface area contributed by atoms with Gasteiger partial charge in [-0.2, -0.15) is 0 Å². The van der Waals surface area contributed by atoms with Crippen LogP contribution in [-0.2, 0) is 4.79 Å². The van der Waals surface area contributed by atoms with E-state index in [2.05, 4.69) is 10.6 Å². The molecular weight excluding hydrogens is 266 g/mol. The van der Waals surface area contributed by atoms with Gasteiger partial charge in [0.1, 0.15) is 0 Å². The highest BCUT2D eigenvalue weighted by Crippen LogP contribution is 2.18. The van der Waals surface area contributed by atoms with Gasteiger partial charge in [-0.05, 0) is 39.5 Å². The van der Waals surface area contributed by atoms with Crippen molar-refractivity contribution in [2.75, 3.05) is 19.6 Å². The van der Waals surface area contributed by atoms with Crippen LogP contribution in [0.3, 0.4) is 0 Å². The van der Waals surface area contributed by atoms with Crippen LogP contribution in [0.5, 0.6) is 0 Å². The molecule has 0 unspecified atom stereocenters. The molecule has 5 heteroatoms. The van der Waals surface area contributed by atoms with Crippen LogP contribution in [0, 0.1) is 11.3 Å². The molecule has 3 amide bonds. The normalized spacial score (nSPS) is 17.5. The Balaban J connectivity index is 2.33. The van der Waals surface area contributed by atoms with E-state index in [1.165, 1.54) is 0 Å². The van der Waals surface area contributed by atoms with Gasteiger partial charge in [-0.3, -0.25) is 4.79 Å². The molecular formula is C16H31N3O2. The molecule has 0 aromatic heterocycles. The molecule has 2 N–H and O–H groups in total. The van der Waals surface area contributed by atoms with Crippen molar-refractivity contribution < 1.29 is 9.59 Å². The number of carbonyl (C=O) groups is 2. The van der Waals surface area contributed by atoms with Gasteiger partial charge in [0.2, 0.25) is 5.91 Å². The molecule has 0 bridgehead atoms. The van der Waals surface area contributed by atoms with Crippen molar-refractivity contribution in [3.8, 4) is 0 Å². The van der Waals surface area contributed by atoms with E-state index in [0.717, 1.165) is 25.9 Å². The van der Waals surface area contributed by atoms with Gasteiger partial charge in [-0.15, -0.1) is 0 Å². The highest BCUT2D eigenvalue weighted by Gasteiger charge is 2.26. The van der Waals surface area contributed by atoms with Crippen molar-refractivity contribution in [3.63, 3.8) is 0 Å². The summed E-state index contributed by atoms with van der Waals surface area (Å²) in [5.74, 6) is 0.561. The third-order valence-corrected chi connectivity index (χ3v) is 3.62. The molecule has 1 heterocycles. The molecule has 0 aliphatic carbocycles. The quantitative estimate of drug-likeness (QED) is 0.822. The maximum atomic E-state index is 12.1. The van der Waals surface area contributed by atoms with Crippen LogP contribution >= 0.6 is 0 Å². The summed E-state index contributed by atoms with van der Waals surface area (Å²) in [5.41, 5.74) is -0.540. The lowest BCUT2D eigenvalue weighted by Crippen LogP contribution is -2.51. The fraction of sp³-hybridized carbons (Fsp3) is 0.875. The average Bonchev–Trinajstić information content (AvgIpc) is 2.33. The number of piperidine rings is 1. The molecule has 0 aromatic carbocycles. The van der Waals surface area contributed by atoms with Gasteiger partial charge < -0.3 is 15.5 Å². The van der Waals surface area contributed by atoms with Gasteiger partial charge in [-0.25, -0.2) is 4.79 Å². The first-order valence-corrected chi connectivity index (χ1v) is 7.84. The third kappa shape index (κ3) is 6.36. The number of hydrogen-bond acceptors (Lipinski definition) is 2. The summed E-state index contributed by atoms with van der Waals surface area (Å²) in [6, 6.07) is 0.0136. The smallest absolute Gasteiger partial charge is 0.317 e. The van der Waals surface area contributed by atoms with Crippen LogP contribution in [0.25, 0.3) is 0 Å². The van der Waals surface area contributed by atoms with E-state index in [4.69, 9.17) is 0 Å². The van der Waals surface area contributed by atoms with Crippen molar-refractivity contribution in [2.24, 2.45) is 11.3 Å². The van der Waals surface area contributed by atoms with Gasteiger partial charge in [0.25, 0.3) is 0 Å². The van der Waals surface area contributed by atoms with Crippen LogP contribution in [-0.4, -0.2) is 42.0 Å². The second-order valence-electron chi connectivity index (χ2n) is 8.07. The number of rotatable bonds is 2. The van der Waals surface area contributed by atoms with Gasteiger partial charge in [-0.1, -0.05) is 20.8 Å². The largest absolute Gasteiger partial charge is 0.355 e. The third-order valence-electron chi connectivity index (χ3n) is 3.62. The van der Waals surface area contributed by atoms with Gasteiger partial charge in [0, 0.05) is 30.6 Å². The van der Waals surface area contributed by atoms with Crippen molar-refractivity contribution >= 4 is 11.9 Å². The predicted octanol–water partition coefficient (Wildman–Crippen LogP) is 2.37. The van der Waals surface area contributed by atoms with Gasteiger partial charge in [0.05, 0.1) is 0 Å². The topological polar surface area (TPSA) is 61.4 Å². The number of urea groups is 1. The van der Waals surface area contributed by atoms with Crippen LogP contribution in [0.1, 0.15) is 54.4 Å². The minimum atomic E-state index is -0.340. The number of carbonyl (C=O) groups excluding carboxylic acids is 2. The molecule has 1 rings (SSSR count). The second-order valence-corrected chi connectivity index (χ2v) is 8.07. The molecule has 1 aliphatic heterocycles. The van der Waals surface area contributed by atoms with Crippen molar-refractivity contribution in [1.82, 2.24) is 15.5 Å². The maximum absolute atomic E-state index is 12.1. The minimum absolute atomic E-state index is 0.0136. The number of nitrogens with zero attached hydrogens (tertiary/aromatic N) is 1. The minimum Gasteiger partial charge on any atom is -0.355 e. The summed E-state index contributed by atoms with van der Waals surface area (Å²) in [4.78, 5) is 25.8. The fourth-order valence-corrected chi connectivity index (χ4v) is 2.24. The summed E-state index contributed by atoms with van der Waals surface area (Å²) < 4.78 is 0. The molecule has 1 fully saturated rings. The van der Waals surface area contributed by atoms with E-state index in [0.29, 0.717) is 12.5 Å². The Morgan fingerprint density at radius 1 is 1.05 bits per heavy atom. The van der Waals surface area contributed by atoms with Crippen LogP contribution in [0.4, 0.5) is 4.79 Å². The summed E-state index contributed by atoms with van der Waals surface area (Å²) in [6.07, 6.45) is 1.89. The molecule has 0 saturated carbocycles. The molecule has 0 radical (unpaired) electrons. The Hall–Kier alpha value is -1.26. The summed E-state index contributed by atoms with van der Waals surface area (Å²) in [5, 5.41) is 6.01. The van der Waals surface area contributed by atoms with Crippen molar-refractivity contribution in [3.05, 3.63) is 0 Å². The Morgan fingerprint density at radius 3 is 2.00 bits per heavy atom. The van der Waals surface area contributed by atoms with E-state index in [9.17, 15) is 9.59 Å². The molecule has 0 aromatic rings. The van der Waals surface area contributed by atoms with Crippen molar-refractivity contribution in [2.45, 2.75) is 59.9 Å². The lowest BCUT2D eigenvalue weighted by atomic mass is 9.93. The monoisotopic (exact) mass is 297 g/mol. The lowest BCUT2D eigenvalue weighted by molar-refractivity contribution is -0.128. The van der Waals surface area contributed by atoms with Crippen LogP contribution in [0.2, 0.25) is 0 Å². The Kier molecular flexibility index (Phi) is 5.65. The number of amides is 3. The molecule has 1 saturated heterocycles. The van der Waals surface area contributed by atoms with Crippen molar-refractivity contribution in [1.29, 1.82) is 0 Å². The molecule has 5 nitrogen and oxygen atoms in total. The lowest BCUT2D eigenvalue weighted by Gasteiger charge is -2.34. The first kappa shape index (κ1) is 17.8. The second kappa shape index (κ2) is 6.67. The summed E-state index contributed by atoms with van der Waals surface area (Å²) >= 11 is 0. The fourth-order valence-electron chi connectivity index (χ4n) is 2.24. The van der Waals surface area contributed by atoms with Crippen LogP contribution < -0.4 is 10.6 Å².